The standard InChI is InChI=1S/C24H19F2NO3/c1-29-19-11-21-24(23(12-19)30-2)20(15-3-7-17(25)8-4-15)13-27(21)14-22(28)16-5-9-18(26)10-6-16/h3-13H,14H2,1-2H3. The molecule has 0 saturated heterocycles. The van der Waals surface area contributed by atoms with E-state index in [1.165, 1.54) is 36.4 Å². The number of nitrogens with zero attached hydrogens (tertiary/aromatic N) is 1. The van der Waals surface area contributed by atoms with Gasteiger partial charge >= 0.3 is 0 Å². The Morgan fingerprint density at radius 1 is 0.900 bits per heavy atom. The molecule has 0 amide bonds. The first kappa shape index (κ1) is 19.6. The van der Waals surface area contributed by atoms with Crippen LogP contribution in [0, 0.1) is 11.6 Å². The minimum Gasteiger partial charge on any atom is -0.497 e. The summed E-state index contributed by atoms with van der Waals surface area (Å²) < 4.78 is 39.4. The van der Waals surface area contributed by atoms with Gasteiger partial charge in [-0.25, -0.2) is 8.78 Å². The van der Waals surface area contributed by atoms with E-state index < -0.39 is 5.82 Å². The molecule has 30 heavy (non-hydrogen) atoms. The second-order valence-corrected chi connectivity index (χ2v) is 6.83. The number of ketones is 1. The van der Waals surface area contributed by atoms with E-state index in [2.05, 4.69) is 0 Å². The van der Waals surface area contributed by atoms with E-state index in [4.69, 9.17) is 9.47 Å². The number of carbonyl (C=O) groups is 1. The maximum absolute atomic E-state index is 13.4. The van der Waals surface area contributed by atoms with Gasteiger partial charge in [-0.15, -0.1) is 0 Å². The third kappa shape index (κ3) is 3.64. The van der Waals surface area contributed by atoms with E-state index in [0.717, 1.165) is 22.0 Å². The van der Waals surface area contributed by atoms with E-state index >= 15 is 0 Å². The van der Waals surface area contributed by atoms with Gasteiger partial charge in [-0.3, -0.25) is 4.79 Å². The third-order valence-corrected chi connectivity index (χ3v) is 5.01. The van der Waals surface area contributed by atoms with Crippen LogP contribution in [0.4, 0.5) is 8.78 Å². The van der Waals surface area contributed by atoms with E-state index in [9.17, 15) is 13.6 Å². The average molecular weight is 407 g/mol. The highest BCUT2D eigenvalue weighted by Gasteiger charge is 2.19. The van der Waals surface area contributed by atoms with Crippen molar-refractivity contribution in [3.63, 3.8) is 0 Å². The Morgan fingerprint density at radius 3 is 2.13 bits per heavy atom. The van der Waals surface area contributed by atoms with Crippen molar-refractivity contribution in [3.8, 4) is 22.6 Å². The molecule has 0 atom stereocenters. The van der Waals surface area contributed by atoms with Gasteiger partial charge in [-0.2, -0.15) is 0 Å². The van der Waals surface area contributed by atoms with Crippen LogP contribution in [0.5, 0.6) is 11.5 Å². The maximum atomic E-state index is 13.4. The molecule has 3 aromatic carbocycles. The Bertz CT molecular complexity index is 1210. The highest BCUT2D eigenvalue weighted by atomic mass is 19.1. The minimum absolute atomic E-state index is 0.0413. The van der Waals surface area contributed by atoms with Crippen LogP contribution in [0.2, 0.25) is 0 Å². The first-order valence-corrected chi connectivity index (χ1v) is 9.29. The summed E-state index contributed by atoms with van der Waals surface area (Å²) >= 11 is 0. The molecule has 1 heterocycles. The van der Waals surface area contributed by atoms with Gasteiger partial charge in [0.1, 0.15) is 23.1 Å². The summed E-state index contributed by atoms with van der Waals surface area (Å²) in [5.41, 5.74) is 2.74. The maximum Gasteiger partial charge on any atom is 0.182 e. The van der Waals surface area contributed by atoms with Crippen molar-refractivity contribution in [3.05, 3.63) is 84.1 Å². The predicted molar refractivity (Wildman–Crippen MR) is 111 cm³/mol. The van der Waals surface area contributed by atoms with Crippen LogP contribution in [0.1, 0.15) is 10.4 Å². The van der Waals surface area contributed by atoms with Crippen molar-refractivity contribution in [2.45, 2.75) is 6.54 Å². The number of hydrogen-bond donors (Lipinski definition) is 0. The zero-order valence-electron chi connectivity index (χ0n) is 16.5. The quantitative estimate of drug-likeness (QED) is 0.397. The van der Waals surface area contributed by atoms with Gasteiger partial charge in [0, 0.05) is 34.8 Å². The fourth-order valence-electron chi connectivity index (χ4n) is 3.50. The summed E-state index contributed by atoms with van der Waals surface area (Å²) in [4.78, 5) is 12.8. The van der Waals surface area contributed by atoms with Gasteiger partial charge in [0.05, 0.1) is 26.3 Å². The number of methoxy groups -OCH3 is 2. The normalized spacial score (nSPS) is 10.9. The third-order valence-electron chi connectivity index (χ3n) is 5.01. The number of aromatic nitrogens is 1. The lowest BCUT2D eigenvalue weighted by atomic mass is 10.0. The van der Waals surface area contributed by atoms with Crippen molar-refractivity contribution in [1.29, 1.82) is 0 Å². The fraction of sp³-hybridized carbons (Fsp3) is 0.125. The number of halogens is 2. The molecule has 0 aliphatic carbocycles. The molecule has 6 heteroatoms. The largest absolute Gasteiger partial charge is 0.497 e. The summed E-state index contributed by atoms with van der Waals surface area (Å²) in [7, 11) is 3.11. The Morgan fingerprint density at radius 2 is 1.53 bits per heavy atom. The summed E-state index contributed by atoms with van der Waals surface area (Å²) in [6.45, 7) is 0.0413. The zero-order chi connectivity index (χ0) is 21.3. The molecule has 0 bridgehead atoms. The Kier molecular flexibility index (Phi) is 5.23. The van der Waals surface area contributed by atoms with Crippen LogP contribution in [0.3, 0.4) is 0 Å². The number of hydrogen-bond acceptors (Lipinski definition) is 3. The molecule has 152 valence electrons. The van der Waals surface area contributed by atoms with Crippen LogP contribution in [0.15, 0.2) is 66.9 Å². The Hall–Kier alpha value is -3.67. The first-order valence-electron chi connectivity index (χ1n) is 9.29. The molecular formula is C24H19F2NO3. The SMILES string of the molecule is COc1cc(OC)c2c(-c3ccc(F)cc3)cn(CC(=O)c3ccc(F)cc3)c2c1. The molecule has 4 rings (SSSR count). The molecule has 4 nitrogen and oxygen atoms in total. The summed E-state index contributed by atoms with van der Waals surface area (Å²) in [5, 5.41) is 0.789. The number of benzene rings is 3. The Labute approximate surface area is 172 Å². The molecule has 0 aliphatic heterocycles. The van der Waals surface area contributed by atoms with Crippen LogP contribution in [0.25, 0.3) is 22.0 Å². The molecule has 0 radical (unpaired) electrons. The molecule has 0 aliphatic rings. The van der Waals surface area contributed by atoms with Gasteiger partial charge in [0.15, 0.2) is 5.78 Å². The number of rotatable bonds is 6. The lowest BCUT2D eigenvalue weighted by Gasteiger charge is -2.10. The number of Topliss-reactive ketones (excluding diaryl/α,β-unsaturated/α-hetero) is 1. The zero-order valence-corrected chi connectivity index (χ0v) is 16.5. The molecular weight excluding hydrogens is 388 g/mol. The number of fused-ring (bicyclic) bond motifs is 1. The second kappa shape index (κ2) is 7.99. The van der Waals surface area contributed by atoms with Gasteiger partial charge in [-0.1, -0.05) is 12.1 Å². The van der Waals surface area contributed by atoms with Crippen molar-refractivity contribution in [1.82, 2.24) is 4.57 Å². The predicted octanol–water partition coefficient (Wildman–Crippen LogP) is 5.49. The number of ether oxygens (including phenoxy) is 2. The average Bonchev–Trinajstić information content (AvgIpc) is 3.12. The molecule has 0 unspecified atom stereocenters. The van der Waals surface area contributed by atoms with Gasteiger partial charge in [-0.05, 0) is 42.0 Å². The summed E-state index contributed by atoms with van der Waals surface area (Å²) in [6, 6.07) is 15.2. The topological polar surface area (TPSA) is 40.5 Å². The van der Waals surface area contributed by atoms with Crippen molar-refractivity contribution < 1.29 is 23.0 Å². The van der Waals surface area contributed by atoms with Gasteiger partial charge < -0.3 is 14.0 Å². The monoisotopic (exact) mass is 407 g/mol. The Balaban J connectivity index is 1.87. The first-order chi connectivity index (χ1) is 14.5. The fourth-order valence-corrected chi connectivity index (χ4v) is 3.50. The van der Waals surface area contributed by atoms with Crippen molar-refractivity contribution >= 4 is 16.7 Å². The van der Waals surface area contributed by atoms with E-state index in [0.29, 0.717) is 17.1 Å². The molecule has 0 fully saturated rings. The van der Waals surface area contributed by atoms with Crippen LogP contribution in [-0.2, 0) is 6.54 Å². The van der Waals surface area contributed by atoms with Crippen LogP contribution >= 0.6 is 0 Å². The van der Waals surface area contributed by atoms with E-state index in [1.807, 2.05) is 12.3 Å². The highest BCUT2D eigenvalue weighted by Crippen LogP contribution is 2.40. The van der Waals surface area contributed by atoms with E-state index in [1.54, 1.807) is 37.0 Å². The summed E-state index contributed by atoms with van der Waals surface area (Å²) in [6.07, 6.45) is 1.83. The van der Waals surface area contributed by atoms with Crippen LogP contribution in [-0.4, -0.2) is 24.6 Å². The van der Waals surface area contributed by atoms with Crippen molar-refractivity contribution in [2.75, 3.05) is 14.2 Å². The molecule has 4 aromatic rings. The number of carbonyl (C=O) groups excluding carboxylic acids is 1. The molecule has 0 spiro atoms. The van der Waals surface area contributed by atoms with E-state index in [-0.39, 0.29) is 18.1 Å². The molecule has 0 N–H and O–H groups in total. The van der Waals surface area contributed by atoms with Crippen molar-refractivity contribution in [2.24, 2.45) is 0 Å². The molecule has 1 aromatic heterocycles. The second-order valence-electron chi connectivity index (χ2n) is 6.83. The summed E-state index contributed by atoms with van der Waals surface area (Å²) in [5.74, 6) is 0.267. The molecule has 0 saturated carbocycles. The highest BCUT2D eigenvalue weighted by molar-refractivity contribution is 6.03. The smallest absolute Gasteiger partial charge is 0.182 e. The van der Waals surface area contributed by atoms with Gasteiger partial charge in [0.2, 0.25) is 0 Å². The van der Waals surface area contributed by atoms with Gasteiger partial charge in [0.25, 0.3) is 0 Å². The lowest BCUT2D eigenvalue weighted by Crippen LogP contribution is -2.09. The van der Waals surface area contributed by atoms with Crippen LogP contribution < -0.4 is 9.47 Å². The minimum atomic E-state index is -0.397. The lowest BCUT2D eigenvalue weighted by molar-refractivity contribution is 0.0973.